The van der Waals surface area contributed by atoms with Gasteiger partial charge in [-0.25, -0.2) is 0 Å². The van der Waals surface area contributed by atoms with Gasteiger partial charge < -0.3 is 15.2 Å². The maximum Gasteiger partial charge on any atom is 0.234 e. The maximum atomic E-state index is 12.4. The highest BCUT2D eigenvalue weighted by Gasteiger charge is 2.29. The van der Waals surface area contributed by atoms with E-state index in [2.05, 4.69) is 17.1 Å². The van der Waals surface area contributed by atoms with E-state index in [4.69, 9.17) is 4.74 Å². The molecule has 0 bridgehead atoms. The molecule has 3 unspecified atom stereocenters. The summed E-state index contributed by atoms with van der Waals surface area (Å²) in [6, 6.07) is 7.67. The minimum absolute atomic E-state index is 0.0176. The molecule has 1 heterocycles. The molecule has 1 amide bonds. The molecule has 1 aromatic rings. The number of aliphatic hydroxyl groups excluding tert-OH is 1. The van der Waals surface area contributed by atoms with Crippen LogP contribution >= 0.6 is 0 Å². The summed E-state index contributed by atoms with van der Waals surface area (Å²) in [6.45, 7) is 5.40. The Hall–Kier alpha value is -1.59. The molecule has 1 saturated heterocycles. The molecule has 128 valence electrons. The van der Waals surface area contributed by atoms with Gasteiger partial charge in [-0.05, 0) is 38.3 Å². The molecule has 0 aromatic heterocycles. The van der Waals surface area contributed by atoms with E-state index in [0.29, 0.717) is 12.5 Å². The molecule has 1 aliphatic heterocycles. The Bertz CT molecular complexity index is 521. The van der Waals surface area contributed by atoms with E-state index in [-0.39, 0.29) is 24.6 Å². The molecule has 0 radical (unpaired) electrons. The Morgan fingerprint density at radius 1 is 1.48 bits per heavy atom. The number of likely N-dealkylation sites (tertiary alicyclic amines) is 1. The van der Waals surface area contributed by atoms with Gasteiger partial charge in [0.15, 0.2) is 0 Å². The molecule has 23 heavy (non-hydrogen) atoms. The predicted molar refractivity (Wildman–Crippen MR) is 90.4 cm³/mol. The first-order valence-electron chi connectivity index (χ1n) is 8.34. The molecular formula is C18H28N2O3. The number of carbonyl (C=O) groups excluding carboxylic acids is 1. The number of aliphatic hydroxyl groups is 1. The zero-order chi connectivity index (χ0) is 16.8. The van der Waals surface area contributed by atoms with Gasteiger partial charge in [0.05, 0.1) is 26.3 Å². The number of piperidine rings is 1. The van der Waals surface area contributed by atoms with E-state index in [9.17, 15) is 9.90 Å². The number of nitrogens with one attached hydrogen (secondary N) is 1. The van der Waals surface area contributed by atoms with Crippen LogP contribution in [0.15, 0.2) is 24.3 Å². The average Bonchev–Trinajstić information content (AvgIpc) is 2.54. The Balaban J connectivity index is 1.96. The molecule has 1 aromatic carbocycles. The van der Waals surface area contributed by atoms with Crippen molar-refractivity contribution in [2.75, 3.05) is 26.8 Å². The van der Waals surface area contributed by atoms with Crippen molar-refractivity contribution in [1.29, 1.82) is 0 Å². The Morgan fingerprint density at radius 3 is 2.91 bits per heavy atom. The van der Waals surface area contributed by atoms with Crippen LogP contribution in [0.2, 0.25) is 0 Å². The second-order valence-corrected chi connectivity index (χ2v) is 6.37. The molecule has 0 saturated carbocycles. The number of carbonyl (C=O) groups is 1. The van der Waals surface area contributed by atoms with Gasteiger partial charge >= 0.3 is 0 Å². The Labute approximate surface area is 138 Å². The smallest absolute Gasteiger partial charge is 0.234 e. The number of para-hydroxylation sites is 1. The minimum Gasteiger partial charge on any atom is -0.496 e. The fourth-order valence-corrected chi connectivity index (χ4v) is 3.40. The maximum absolute atomic E-state index is 12.4. The van der Waals surface area contributed by atoms with Crippen molar-refractivity contribution in [3.05, 3.63) is 29.8 Å². The van der Waals surface area contributed by atoms with Gasteiger partial charge in [-0.1, -0.05) is 25.1 Å². The third kappa shape index (κ3) is 4.45. The molecule has 5 heteroatoms. The second kappa shape index (κ2) is 8.31. The van der Waals surface area contributed by atoms with Gasteiger partial charge in [0.2, 0.25) is 5.91 Å². The number of hydrogen-bond donors (Lipinski definition) is 2. The number of nitrogens with zero attached hydrogens (tertiary/aromatic N) is 1. The Kier molecular flexibility index (Phi) is 6.42. The van der Waals surface area contributed by atoms with Crippen LogP contribution in [-0.4, -0.2) is 48.8 Å². The van der Waals surface area contributed by atoms with Crippen LogP contribution in [0, 0.1) is 5.92 Å². The summed E-state index contributed by atoms with van der Waals surface area (Å²) in [5, 5.41) is 12.6. The van der Waals surface area contributed by atoms with Crippen molar-refractivity contribution in [1.82, 2.24) is 10.2 Å². The standard InChI is InChI=1S/C18H28N2O3/c1-13-7-6-10-20(16(13)12-21)11-18(22)19-14(2)15-8-4-5-9-17(15)23-3/h4-5,8-9,13-14,16,21H,6-7,10-12H2,1-3H3,(H,19,22). The lowest BCUT2D eigenvalue weighted by molar-refractivity contribution is -0.124. The third-order valence-electron chi connectivity index (χ3n) is 4.75. The van der Waals surface area contributed by atoms with Gasteiger partial charge in [-0.3, -0.25) is 9.69 Å². The van der Waals surface area contributed by atoms with Crippen molar-refractivity contribution in [3.8, 4) is 5.75 Å². The first-order valence-corrected chi connectivity index (χ1v) is 8.34. The Morgan fingerprint density at radius 2 is 2.22 bits per heavy atom. The number of rotatable bonds is 6. The minimum atomic E-state index is -0.117. The normalized spacial score (nSPS) is 23.3. The van der Waals surface area contributed by atoms with Crippen LogP contribution in [0.5, 0.6) is 5.75 Å². The van der Waals surface area contributed by atoms with Crippen LogP contribution in [0.25, 0.3) is 0 Å². The number of amides is 1. The van der Waals surface area contributed by atoms with E-state index in [0.717, 1.165) is 30.7 Å². The van der Waals surface area contributed by atoms with Gasteiger partial charge in [-0.15, -0.1) is 0 Å². The molecule has 1 fully saturated rings. The highest BCUT2D eigenvalue weighted by Crippen LogP contribution is 2.25. The van der Waals surface area contributed by atoms with E-state index in [1.807, 2.05) is 31.2 Å². The van der Waals surface area contributed by atoms with Crippen LogP contribution < -0.4 is 10.1 Å². The first-order chi connectivity index (χ1) is 11.1. The zero-order valence-corrected chi connectivity index (χ0v) is 14.3. The van der Waals surface area contributed by atoms with Crippen molar-refractivity contribution in [2.24, 2.45) is 5.92 Å². The van der Waals surface area contributed by atoms with Gasteiger partial charge in [0, 0.05) is 11.6 Å². The second-order valence-electron chi connectivity index (χ2n) is 6.37. The SMILES string of the molecule is COc1ccccc1C(C)NC(=O)CN1CCCC(C)C1CO. The highest BCUT2D eigenvalue weighted by atomic mass is 16.5. The van der Waals surface area contributed by atoms with Crippen molar-refractivity contribution in [2.45, 2.75) is 38.8 Å². The third-order valence-corrected chi connectivity index (χ3v) is 4.75. The molecule has 1 aliphatic rings. The van der Waals surface area contributed by atoms with Crippen molar-refractivity contribution < 1.29 is 14.6 Å². The summed E-state index contributed by atoms with van der Waals surface area (Å²) in [4.78, 5) is 14.5. The van der Waals surface area contributed by atoms with Crippen LogP contribution in [0.3, 0.4) is 0 Å². The van der Waals surface area contributed by atoms with Crippen LogP contribution in [0.4, 0.5) is 0 Å². The van der Waals surface area contributed by atoms with Crippen molar-refractivity contribution >= 4 is 5.91 Å². The van der Waals surface area contributed by atoms with Gasteiger partial charge in [0.1, 0.15) is 5.75 Å². The topological polar surface area (TPSA) is 61.8 Å². The van der Waals surface area contributed by atoms with E-state index in [1.165, 1.54) is 0 Å². The summed E-state index contributed by atoms with van der Waals surface area (Å²) in [7, 11) is 1.63. The summed E-state index contributed by atoms with van der Waals surface area (Å²) >= 11 is 0. The summed E-state index contributed by atoms with van der Waals surface area (Å²) in [6.07, 6.45) is 2.19. The lowest BCUT2D eigenvalue weighted by Gasteiger charge is -2.38. The van der Waals surface area contributed by atoms with E-state index < -0.39 is 0 Å². The summed E-state index contributed by atoms with van der Waals surface area (Å²) < 4.78 is 5.35. The van der Waals surface area contributed by atoms with E-state index >= 15 is 0 Å². The van der Waals surface area contributed by atoms with Crippen molar-refractivity contribution in [3.63, 3.8) is 0 Å². The molecule has 0 aliphatic carbocycles. The molecular weight excluding hydrogens is 292 g/mol. The molecule has 0 spiro atoms. The number of ether oxygens (including phenoxy) is 1. The summed E-state index contributed by atoms with van der Waals surface area (Å²) in [5.41, 5.74) is 0.967. The first kappa shape index (κ1) is 17.8. The predicted octanol–water partition coefficient (Wildman–Crippen LogP) is 1.97. The monoisotopic (exact) mass is 320 g/mol. The fourth-order valence-electron chi connectivity index (χ4n) is 3.40. The molecule has 2 rings (SSSR count). The number of methoxy groups -OCH3 is 1. The van der Waals surface area contributed by atoms with Crippen LogP contribution in [-0.2, 0) is 4.79 Å². The van der Waals surface area contributed by atoms with Gasteiger partial charge in [0.25, 0.3) is 0 Å². The molecule has 5 nitrogen and oxygen atoms in total. The van der Waals surface area contributed by atoms with Gasteiger partial charge in [-0.2, -0.15) is 0 Å². The number of hydrogen-bond acceptors (Lipinski definition) is 4. The van der Waals surface area contributed by atoms with Crippen LogP contribution in [0.1, 0.15) is 38.3 Å². The largest absolute Gasteiger partial charge is 0.496 e. The molecule has 3 atom stereocenters. The highest BCUT2D eigenvalue weighted by molar-refractivity contribution is 5.78. The quantitative estimate of drug-likeness (QED) is 0.841. The van der Waals surface area contributed by atoms with E-state index in [1.54, 1.807) is 7.11 Å². The summed E-state index contributed by atoms with van der Waals surface area (Å²) in [5.74, 6) is 1.18. The zero-order valence-electron chi connectivity index (χ0n) is 14.3. The lowest BCUT2D eigenvalue weighted by Crippen LogP contribution is -2.50. The number of benzene rings is 1. The lowest BCUT2D eigenvalue weighted by atomic mass is 9.91. The fraction of sp³-hybridized carbons (Fsp3) is 0.611. The average molecular weight is 320 g/mol. The molecule has 2 N–H and O–H groups in total.